The summed E-state index contributed by atoms with van der Waals surface area (Å²) in [4.78, 5) is -0.0805. The first kappa shape index (κ1) is 22.3. The molecule has 10 heteroatoms. The van der Waals surface area contributed by atoms with E-state index in [9.17, 15) is 16.8 Å². The molecule has 0 atom stereocenters. The average Bonchev–Trinajstić information content (AvgIpc) is 2.59. The Bertz CT molecular complexity index is 1110. The van der Waals surface area contributed by atoms with Crippen molar-refractivity contribution in [2.75, 3.05) is 0 Å². The van der Waals surface area contributed by atoms with Gasteiger partial charge in [-0.3, -0.25) is 0 Å². The highest BCUT2D eigenvalue weighted by atomic mass is 35.5. The highest BCUT2D eigenvalue weighted by Crippen LogP contribution is 2.21. The van der Waals surface area contributed by atoms with Gasteiger partial charge in [-0.25, -0.2) is 26.3 Å². The van der Waals surface area contributed by atoms with Gasteiger partial charge >= 0.3 is 0 Å². The Morgan fingerprint density at radius 1 is 1.07 bits per heavy atom. The molecular formula is C18H20ClN3O4S2. The predicted octanol–water partition coefficient (Wildman–Crippen LogP) is 2.52. The average molecular weight is 442 g/mol. The van der Waals surface area contributed by atoms with E-state index in [0.717, 1.165) is 0 Å². The number of nitriles is 1. The quantitative estimate of drug-likeness (QED) is 0.652. The van der Waals surface area contributed by atoms with Crippen LogP contribution in [0.3, 0.4) is 0 Å². The number of nitrogens with one attached hydrogen (secondary N) is 2. The highest BCUT2D eigenvalue weighted by Gasteiger charge is 2.18. The van der Waals surface area contributed by atoms with Gasteiger partial charge in [-0.05, 0) is 43.2 Å². The van der Waals surface area contributed by atoms with E-state index in [1.807, 2.05) is 6.07 Å². The van der Waals surface area contributed by atoms with Crippen LogP contribution < -0.4 is 9.44 Å². The Kier molecular flexibility index (Phi) is 7.20. The SMILES string of the molecule is CC(C)NS(=O)(=O)Cc1ccccc1CNS(=O)(=O)c1ccc(C#N)c(Cl)c1. The monoisotopic (exact) mass is 441 g/mol. The zero-order valence-corrected chi connectivity index (χ0v) is 17.7. The molecule has 0 saturated heterocycles. The van der Waals surface area contributed by atoms with Crippen LogP contribution in [0.5, 0.6) is 0 Å². The zero-order chi connectivity index (χ0) is 20.9. The van der Waals surface area contributed by atoms with Gasteiger partial charge in [0, 0.05) is 12.6 Å². The number of nitrogens with zero attached hydrogens (tertiary/aromatic N) is 1. The van der Waals surface area contributed by atoms with Crippen molar-refractivity contribution in [3.8, 4) is 6.07 Å². The van der Waals surface area contributed by atoms with E-state index in [1.54, 1.807) is 38.1 Å². The molecule has 0 bridgehead atoms. The first-order valence-corrected chi connectivity index (χ1v) is 11.8. The minimum absolute atomic E-state index is 0.0385. The second kappa shape index (κ2) is 9.03. The van der Waals surface area contributed by atoms with Gasteiger partial charge in [0.25, 0.3) is 0 Å². The van der Waals surface area contributed by atoms with E-state index >= 15 is 0 Å². The maximum Gasteiger partial charge on any atom is 0.240 e. The lowest BCUT2D eigenvalue weighted by Gasteiger charge is -2.13. The molecule has 0 aliphatic carbocycles. The van der Waals surface area contributed by atoms with Gasteiger partial charge in [0.05, 0.1) is 21.2 Å². The molecule has 2 aromatic carbocycles. The van der Waals surface area contributed by atoms with Gasteiger partial charge < -0.3 is 0 Å². The van der Waals surface area contributed by atoms with Crippen LogP contribution in [-0.2, 0) is 32.3 Å². The molecule has 0 radical (unpaired) electrons. The first-order chi connectivity index (χ1) is 13.0. The fraction of sp³-hybridized carbons (Fsp3) is 0.278. The number of benzene rings is 2. The summed E-state index contributed by atoms with van der Waals surface area (Å²) in [5.74, 6) is -0.258. The molecule has 28 heavy (non-hydrogen) atoms. The third kappa shape index (κ3) is 6.02. The lowest BCUT2D eigenvalue weighted by Crippen LogP contribution is -2.32. The standard InChI is InChI=1S/C18H20ClN3O4S2/c1-13(2)22-27(23,24)12-16-6-4-3-5-15(16)11-21-28(25,26)17-8-7-14(10-20)18(19)9-17/h3-9,13,21-22H,11-12H2,1-2H3. The second-order valence-corrected chi connectivity index (χ2v) is 10.3. The molecule has 0 fully saturated rings. The fourth-order valence-corrected chi connectivity index (χ4v) is 5.30. The van der Waals surface area contributed by atoms with Crippen LogP contribution in [0, 0.1) is 11.3 Å². The van der Waals surface area contributed by atoms with E-state index < -0.39 is 20.0 Å². The van der Waals surface area contributed by atoms with Gasteiger partial charge in [-0.15, -0.1) is 0 Å². The molecule has 0 aliphatic heterocycles. The maximum atomic E-state index is 12.5. The molecule has 0 saturated carbocycles. The molecule has 2 rings (SSSR count). The Hall–Kier alpha value is -1.96. The lowest BCUT2D eigenvalue weighted by atomic mass is 10.1. The van der Waals surface area contributed by atoms with Crippen molar-refractivity contribution in [3.05, 3.63) is 64.2 Å². The fourth-order valence-electron chi connectivity index (χ4n) is 2.49. The smallest absolute Gasteiger partial charge is 0.212 e. The summed E-state index contributed by atoms with van der Waals surface area (Å²) in [6.07, 6.45) is 0. The van der Waals surface area contributed by atoms with Gasteiger partial charge in [0.1, 0.15) is 6.07 Å². The molecule has 150 valence electrons. The van der Waals surface area contributed by atoms with Crippen LogP contribution in [-0.4, -0.2) is 22.9 Å². The maximum absolute atomic E-state index is 12.5. The number of rotatable bonds is 8. The number of hydrogen-bond donors (Lipinski definition) is 2. The molecule has 0 aliphatic rings. The minimum Gasteiger partial charge on any atom is -0.212 e. The summed E-state index contributed by atoms with van der Waals surface area (Å²) in [6, 6.07) is 12.1. The first-order valence-electron chi connectivity index (χ1n) is 8.30. The molecule has 0 heterocycles. The van der Waals surface area contributed by atoms with Gasteiger partial charge in [-0.1, -0.05) is 35.9 Å². The molecule has 0 aromatic heterocycles. The van der Waals surface area contributed by atoms with Gasteiger partial charge in [0.15, 0.2) is 0 Å². The molecule has 7 nitrogen and oxygen atoms in total. The third-order valence-electron chi connectivity index (χ3n) is 3.70. The Balaban J connectivity index is 2.21. The third-order valence-corrected chi connectivity index (χ3v) is 6.94. The van der Waals surface area contributed by atoms with Gasteiger partial charge in [0.2, 0.25) is 20.0 Å². The van der Waals surface area contributed by atoms with Crippen molar-refractivity contribution in [2.45, 2.75) is 37.1 Å². The van der Waals surface area contributed by atoms with Crippen LogP contribution in [0.4, 0.5) is 0 Å². The molecule has 0 amide bonds. The topological polar surface area (TPSA) is 116 Å². The zero-order valence-electron chi connectivity index (χ0n) is 15.3. The van der Waals surface area contributed by atoms with E-state index in [4.69, 9.17) is 16.9 Å². The predicted molar refractivity (Wildman–Crippen MR) is 108 cm³/mol. The van der Waals surface area contributed by atoms with E-state index in [0.29, 0.717) is 11.1 Å². The number of hydrogen-bond acceptors (Lipinski definition) is 5. The number of sulfonamides is 2. The summed E-state index contributed by atoms with van der Waals surface area (Å²) in [7, 11) is -7.45. The summed E-state index contributed by atoms with van der Waals surface area (Å²) in [6.45, 7) is 3.36. The van der Waals surface area contributed by atoms with Crippen molar-refractivity contribution >= 4 is 31.6 Å². The normalized spacial score (nSPS) is 12.1. The van der Waals surface area contributed by atoms with Crippen molar-refractivity contribution in [1.82, 2.24) is 9.44 Å². The largest absolute Gasteiger partial charge is 0.240 e. The van der Waals surface area contributed by atoms with E-state index in [-0.39, 0.29) is 33.8 Å². The van der Waals surface area contributed by atoms with Crippen LogP contribution in [0.1, 0.15) is 30.5 Å². The van der Waals surface area contributed by atoms with Crippen molar-refractivity contribution in [3.63, 3.8) is 0 Å². The Labute approximate surface area is 170 Å². The van der Waals surface area contributed by atoms with Crippen molar-refractivity contribution < 1.29 is 16.8 Å². The van der Waals surface area contributed by atoms with Crippen LogP contribution in [0.15, 0.2) is 47.4 Å². The summed E-state index contributed by atoms with van der Waals surface area (Å²) < 4.78 is 54.4. The van der Waals surface area contributed by atoms with E-state index in [2.05, 4.69) is 9.44 Å². The summed E-state index contributed by atoms with van der Waals surface area (Å²) >= 11 is 5.90. The molecule has 2 N–H and O–H groups in total. The molecule has 2 aromatic rings. The van der Waals surface area contributed by atoms with Crippen LogP contribution in [0.2, 0.25) is 5.02 Å². The van der Waals surface area contributed by atoms with E-state index in [1.165, 1.54) is 18.2 Å². The summed E-state index contributed by atoms with van der Waals surface area (Å²) in [5.41, 5.74) is 1.21. The molecule has 0 unspecified atom stereocenters. The number of halogens is 1. The summed E-state index contributed by atoms with van der Waals surface area (Å²) in [5, 5.41) is 8.93. The van der Waals surface area contributed by atoms with Crippen molar-refractivity contribution in [1.29, 1.82) is 5.26 Å². The van der Waals surface area contributed by atoms with Crippen LogP contribution >= 0.6 is 11.6 Å². The Morgan fingerprint density at radius 2 is 1.71 bits per heavy atom. The molecule has 0 spiro atoms. The van der Waals surface area contributed by atoms with Crippen molar-refractivity contribution in [2.24, 2.45) is 0 Å². The lowest BCUT2D eigenvalue weighted by molar-refractivity contribution is 0.568. The minimum atomic E-state index is -3.89. The molecular weight excluding hydrogens is 422 g/mol. The van der Waals surface area contributed by atoms with Crippen LogP contribution in [0.25, 0.3) is 0 Å². The van der Waals surface area contributed by atoms with Gasteiger partial charge in [-0.2, -0.15) is 5.26 Å². The highest BCUT2D eigenvalue weighted by molar-refractivity contribution is 7.89. The second-order valence-electron chi connectivity index (χ2n) is 6.38. The Morgan fingerprint density at radius 3 is 2.29 bits per heavy atom.